The van der Waals surface area contributed by atoms with Crippen molar-refractivity contribution in [1.82, 2.24) is 0 Å². The Morgan fingerprint density at radius 3 is 1.22 bits per heavy atom. The Morgan fingerprint density at radius 2 is 0.699 bits per heavy atom. The van der Waals surface area contributed by atoms with E-state index in [9.17, 15) is 60.7 Å². The predicted molar refractivity (Wildman–Crippen MR) is 296 cm³/mol. The first-order valence-corrected chi connectivity index (χ1v) is 31.2. The van der Waals surface area contributed by atoms with Crippen molar-refractivity contribution >= 4 is 11.9 Å². The third kappa shape index (κ3) is 21.1. The number of carbonyl (C=O) groups excluding carboxylic acids is 2. The van der Waals surface area contributed by atoms with Crippen molar-refractivity contribution in [2.24, 2.45) is 0 Å². The van der Waals surface area contributed by atoms with Gasteiger partial charge in [-0.3, -0.25) is 9.59 Å². The van der Waals surface area contributed by atoms with Gasteiger partial charge in [0.15, 0.2) is 37.6 Å². The van der Waals surface area contributed by atoms with Crippen molar-refractivity contribution < 1.29 is 117 Å². The minimum Gasteiger partial charge on any atom is -0.469 e. The minimum absolute atomic E-state index is 0.0665. The summed E-state index contributed by atoms with van der Waals surface area (Å²) in [6.45, 7) is 11.8. The molecule has 10 N–H and O–H groups in total. The number of methoxy groups -OCH3 is 1. The molecule has 0 aromatic rings. The zero-order valence-corrected chi connectivity index (χ0v) is 50.5. The molecule has 0 radical (unpaired) electrons. The second kappa shape index (κ2) is 36.6. The lowest BCUT2D eigenvalue weighted by Crippen LogP contribution is -2.68. The number of unbranched alkanes of at least 4 members (excludes halogenated alkanes) is 16. The number of hydrogen-bond donors (Lipinski definition) is 10. The number of carbonyl (C=O) groups is 2. The number of rotatable bonds is 35. The summed E-state index contributed by atoms with van der Waals surface area (Å²) >= 11 is 0. The Hall–Kier alpha value is -1.86. The van der Waals surface area contributed by atoms with E-state index < -0.39 is 159 Å². The van der Waals surface area contributed by atoms with Crippen molar-refractivity contribution in [3.63, 3.8) is 0 Å². The van der Waals surface area contributed by atoms with Gasteiger partial charge in [0.1, 0.15) is 85.5 Å². The molecule has 0 unspecified atom stereocenters. The molecular weight excluding hydrogens is 1090 g/mol. The van der Waals surface area contributed by atoms with E-state index in [-0.39, 0.29) is 18.5 Å². The summed E-state index contributed by atoms with van der Waals surface area (Å²) in [6.07, 6.45) is -18.3. The highest BCUT2D eigenvalue weighted by molar-refractivity contribution is 5.69. The first kappa shape index (κ1) is 71.9. The van der Waals surface area contributed by atoms with Gasteiger partial charge in [-0.25, -0.2) is 0 Å². The summed E-state index contributed by atoms with van der Waals surface area (Å²) in [5.74, 6) is -0.936. The van der Waals surface area contributed by atoms with Gasteiger partial charge in [-0.15, -0.1) is 0 Å². The number of aliphatic hydroxyl groups is 10. The number of ether oxygens (including phenoxy) is 12. The van der Waals surface area contributed by atoms with Crippen LogP contribution in [0.15, 0.2) is 0 Å². The zero-order valence-electron chi connectivity index (χ0n) is 50.5. The van der Waals surface area contributed by atoms with Gasteiger partial charge in [0.2, 0.25) is 0 Å². The van der Waals surface area contributed by atoms with Gasteiger partial charge in [0.25, 0.3) is 0 Å². The van der Waals surface area contributed by atoms with Crippen LogP contribution in [0.25, 0.3) is 0 Å². The van der Waals surface area contributed by atoms with E-state index in [4.69, 9.17) is 56.8 Å². The molecule has 24 heteroatoms. The predicted octanol–water partition coefficient (Wildman–Crippen LogP) is 3.34. The molecule has 5 saturated heterocycles. The number of esters is 2. The summed E-state index contributed by atoms with van der Waals surface area (Å²) in [6, 6.07) is 0. The smallest absolute Gasteiger partial charge is 0.306 e. The third-order valence-electron chi connectivity index (χ3n) is 16.9. The molecular formula is C59H106O24. The monoisotopic (exact) mass is 1200 g/mol. The van der Waals surface area contributed by atoms with Crippen LogP contribution in [0.4, 0.5) is 0 Å². The lowest BCUT2D eigenvalue weighted by atomic mass is 9.95. The Labute approximate surface area is 491 Å². The average molecular weight is 1200 g/mol. The molecule has 0 aliphatic carbocycles. The first-order chi connectivity index (χ1) is 39.6. The fraction of sp³-hybridized carbons (Fsp3) is 0.966. The quantitative estimate of drug-likeness (QED) is 0.0321. The van der Waals surface area contributed by atoms with E-state index in [1.165, 1.54) is 47.6 Å². The lowest BCUT2D eigenvalue weighted by molar-refractivity contribution is -0.399. The maximum atomic E-state index is 14.0. The van der Waals surface area contributed by atoms with Crippen molar-refractivity contribution in [1.29, 1.82) is 0 Å². The molecule has 83 heavy (non-hydrogen) atoms. The van der Waals surface area contributed by atoms with Crippen LogP contribution in [0.2, 0.25) is 0 Å². The highest BCUT2D eigenvalue weighted by atomic mass is 16.8. The SMILES string of the molecule is CCCCCCCCCCCC(=O)O[C@H]1[C@H](O[C@@H]2[C@@H](O)[C@@H](O)[C@H](O[C@H]3[C@@H](O[C@@H](CCCCC)CCCCCCCCCC(=O)OC)O[C@H](C)[C@H](O)[C@@H]3O)O[C@H]2C)O[C@@H](C)[C@H](O[C@@H]2O[C@@H](C)[C@H](O)[C@@H](O)[C@H]2O)[C@H]1O[C@@H]1O[C@@H](C)[C@H](O)[C@@H](O)[C@H]1O. The fourth-order valence-electron chi connectivity index (χ4n) is 11.5. The van der Waals surface area contributed by atoms with Crippen LogP contribution < -0.4 is 0 Å². The van der Waals surface area contributed by atoms with Crippen LogP contribution >= 0.6 is 0 Å². The van der Waals surface area contributed by atoms with E-state index in [2.05, 4.69) is 13.8 Å². The highest BCUT2D eigenvalue weighted by Gasteiger charge is 2.57. The molecule has 486 valence electrons. The van der Waals surface area contributed by atoms with Gasteiger partial charge < -0.3 is 108 Å². The topological polar surface area (TPSA) is 347 Å². The van der Waals surface area contributed by atoms with Gasteiger partial charge in [-0.05, 0) is 60.3 Å². The molecule has 0 saturated carbocycles. The average Bonchev–Trinajstić information content (AvgIpc) is 2.85. The van der Waals surface area contributed by atoms with Gasteiger partial charge in [-0.1, -0.05) is 123 Å². The van der Waals surface area contributed by atoms with Gasteiger partial charge in [-0.2, -0.15) is 0 Å². The van der Waals surface area contributed by atoms with Gasteiger partial charge in [0, 0.05) is 12.8 Å². The molecule has 26 atom stereocenters. The van der Waals surface area contributed by atoms with Crippen LogP contribution in [0.1, 0.15) is 196 Å². The standard InChI is InChI=1S/C59H106O24/c1-9-11-13-14-15-16-19-23-27-31-39(61)79-54-53(83-56-48(70)44(66)41(63)33(4)74-56)51(81-55-47(69)43(65)40(62)32(3)73-55)36(7)77-59(54)80-50-35(6)76-57(49(71)46(50)68)82-52-45(67)42(64)34(5)75-58(52)78-37(28-24-12-10-2)29-25-21-18-17-20-22-26-30-38(60)72-8/h32-37,40-59,62-71H,9-31H2,1-8H3/t32-,33-,34+,35-,36-,37-,40-,41-,42-,43+,44+,45-,46-,47+,48+,49+,50-,51-,52+,53+,54+,55-,56-,57-,58+,59-/m0/s1. The molecule has 0 spiro atoms. The third-order valence-corrected chi connectivity index (χ3v) is 16.9. The maximum Gasteiger partial charge on any atom is 0.306 e. The molecule has 24 nitrogen and oxygen atoms in total. The van der Waals surface area contributed by atoms with Gasteiger partial charge >= 0.3 is 11.9 Å². The van der Waals surface area contributed by atoms with Crippen LogP contribution in [-0.2, 0) is 66.4 Å². The summed E-state index contributed by atoms with van der Waals surface area (Å²) in [7, 11) is 1.39. The van der Waals surface area contributed by atoms with Gasteiger partial charge in [0.05, 0.1) is 43.7 Å². The van der Waals surface area contributed by atoms with E-state index in [1.807, 2.05) is 0 Å². The molecule has 5 heterocycles. The molecule has 5 fully saturated rings. The van der Waals surface area contributed by atoms with Crippen LogP contribution in [-0.4, -0.2) is 230 Å². The summed E-state index contributed by atoms with van der Waals surface area (Å²) in [5, 5.41) is 112. The molecule has 0 aromatic heterocycles. The summed E-state index contributed by atoms with van der Waals surface area (Å²) < 4.78 is 73.5. The highest BCUT2D eigenvalue weighted by Crippen LogP contribution is 2.38. The Morgan fingerprint density at radius 1 is 0.349 bits per heavy atom. The van der Waals surface area contributed by atoms with Crippen LogP contribution in [0, 0.1) is 0 Å². The maximum absolute atomic E-state index is 14.0. The van der Waals surface area contributed by atoms with Crippen molar-refractivity contribution in [3.05, 3.63) is 0 Å². The molecule has 5 aliphatic heterocycles. The summed E-state index contributed by atoms with van der Waals surface area (Å²) in [5.41, 5.74) is 0. The minimum atomic E-state index is -1.90. The van der Waals surface area contributed by atoms with Crippen molar-refractivity contribution in [2.75, 3.05) is 7.11 Å². The molecule has 0 bridgehead atoms. The second-order valence-electron chi connectivity index (χ2n) is 23.7. The summed E-state index contributed by atoms with van der Waals surface area (Å²) in [4.78, 5) is 25.5. The number of hydrogen-bond acceptors (Lipinski definition) is 24. The Bertz CT molecular complexity index is 1810. The Kier molecular flexibility index (Phi) is 31.7. The number of aliphatic hydroxyl groups excluding tert-OH is 10. The largest absolute Gasteiger partial charge is 0.469 e. The molecule has 0 aromatic carbocycles. The first-order valence-electron chi connectivity index (χ1n) is 31.2. The Balaban J connectivity index is 1.35. The van der Waals surface area contributed by atoms with Crippen LogP contribution in [0.5, 0.6) is 0 Å². The zero-order chi connectivity index (χ0) is 60.9. The van der Waals surface area contributed by atoms with E-state index in [0.29, 0.717) is 25.7 Å². The van der Waals surface area contributed by atoms with E-state index in [0.717, 1.165) is 103 Å². The normalized spacial score (nSPS) is 40.0. The molecule has 5 rings (SSSR count). The fourth-order valence-corrected chi connectivity index (χ4v) is 11.5. The van der Waals surface area contributed by atoms with Crippen molar-refractivity contribution in [2.45, 2.75) is 356 Å². The molecule has 0 amide bonds. The molecule has 5 aliphatic rings. The van der Waals surface area contributed by atoms with E-state index in [1.54, 1.807) is 6.92 Å². The second-order valence-corrected chi connectivity index (χ2v) is 23.7. The van der Waals surface area contributed by atoms with Crippen LogP contribution in [0.3, 0.4) is 0 Å². The lowest BCUT2D eigenvalue weighted by Gasteiger charge is -2.51. The van der Waals surface area contributed by atoms with E-state index >= 15 is 0 Å². The van der Waals surface area contributed by atoms with Crippen molar-refractivity contribution in [3.8, 4) is 0 Å².